The zero-order chi connectivity index (χ0) is 23.6. The number of aliphatic carboxylic acids is 1. The van der Waals surface area contributed by atoms with E-state index in [0.717, 1.165) is 66.4 Å². The lowest BCUT2D eigenvalue weighted by Crippen LogP contribution is -2.27. The third-order valence-electron chi connectivity index (χ3n) is 5.61. The van der Waals surface area contributed by atoms with Crippen LogP contribution in [0.5, 0.6) is 0 Å². The van der Waals surface area contributed by atoms with Crippen molar-refractivity contribution in [3.05, 3.63) is 30.1 Å². The maximum atomic E-state index is 12.0. The molecule has 0 bridgehead atoms. The Morgan fingerprint density at radius 3 is 2.70 bits per heavy atom. The number of amides is 1. The van der Waals surface area contributed by atoms with E-state index >= 15 is 0 Å². The number of nitrogen functional groups attached to an aromatic ring is 1. The first-order valence-electron chi connectivity index (χ1n) is 11.7. The van der Waals surface area contributed by atoms with Gasteiger partial charge in [-0.1, -0.05) is 31.5 Å². The van der Waals surface area contributed by atoms with Crippen LogP contribution in [0.15, 0.2) is 24.3 Å². The van der Waals surface area contributed by atoms with Crippen molar-refractivity contribution in [2.45, 2.75) is 58.4 Å². The summed E-state index contributed by atoms with van der Waals surface area (Å²) in [6.07, 6.45) is 5.81. The van der Waals surface area contributed by atoms with E-state index in [-0.39, 0.29) is 12.5 Å². The number of carbonyl (C=O) groups excluding carboxylic acids is 1. The number of imidazole rings is 1. The number of anilines is 1. The van der Waals surface area contributed by atoms with Crippen molar-refractivity contribution in [3.8, 4) is 0 Å². The van der Waals surface area contributed by atoms with Crippen LogP contribution in [-0.4, -0.2) is 51.2 Å². The monoisotopic (exact) mass is 454 g/mol. The molecule has 3 aromatic rings. The van der Waals surface area contributed by atoms with E-state index < -0.39 is 5.97 Å². The average molecular weight is 455 g/mol. The van der Waals surface area contributed by atoms with Crippen molar-refractivity contribution in [1.29, 1.82) is 0 Å². The molecule has 0 saturated heterocycles. The van der Waals surface area contributed by atoms with Gasteiger partial charge in [0.25, 0.3) is 0 Å². The van der Waals surface area contributed by atoms with E-state index in [1.54, 1.807) is 0 Å². The van der Waals surface area contributed by atoms with Crippen LogP contribution in [0.2, 0.25) is 0 Å². The molecule has 0 aliphatic carbocycles. The number of carbonyl (C=O) groups is 2. The third-order valence-corrected chi connectivity index (χ3v) is 5.61. The summed E-state index contributed by atoms with van der Waals surface area (Å²) in [6.45, 7) is 4.02. The van der Waals surface area contributed by atoms with Crippen LogP contribution in [0.25, 0.3) is 21.9 Å². The summed E-state index contributed by atoms with van der Waals surface area (Å²) in [7, 11) is 0. The first kappa shape index (κ1) is 24.4. The summed E-state index contributed by atoms with van der Waals surface area (Å²) in [5.74, 6) is 0.600. The molecule has 0 unspecified atom stereocenters. The van der Waals surface area contributed by atoms with Gasteiger partial charge in [-0.3, -0.25) is 9.59 Å². The quantitative estimate of drug-likeness (QED) is 0.275. The van der Waals surface area contributed by atoms with Crippen molar-refractivity contribution in [2.75, 3.05) is 25.4 Å². The molecule has 9 heteroatoms. The maximum absolute atomic E-state index is 12.0. The van der Waals surface area contributed by atoms with Gasteiger partial charge in [0.2, 0.25) is 5.91 Å². The molecule has 33 heavy (non-hydrogen) atoms. The second-order valence-corrected chi connectivity index (χ2v) is 8.23. The Kier molecular flexibility index (Phi) is 9.00. The Balaban J connectivity index is 1.58. The van der Waals surface area contributed by atoms with Crippen LogP contribution in [-0.2, 0) is 22.6 Å². The number of aromatic nitrogens is 3. The molecule has 9 nitrogen and oxygen atoms in total. The van der Waals surface area contributed by atoms with E-state index in [0.29, 0.717) is 31.7 Å². The summed E-state index contributed by atoms with van der Waals surface area (Å²) in [5, 5.41) is 15.4. The van der Waals surface area contributed by atoms with E-state index in [4.69, 9.17) is 15.8 Å². The fourth-order valence-electron chi connectivity index (χ4n) is 3.95. The highest BCUT2D eigenvalue weighted by molar-refractivity contribution is 6.06. The van der Waals surface area contributed by atoms with Gasteiger partial charge in [-0.2, -0.15) is 0 Å². The van der Waals surface area contributed by atoms with Gasteiger partial charge in [-0.05, 0) is 38.3 Å². The zero-order valence-electron chi connectivity index (χ0n) is 19.3. The summed E-state index contributed by atoms with van der Waals surface area (Å²) >= 11 is 0. The van der Waals surface area contributed by atoms with Crippen molar-refractivity contribution in [1.82, 2.24) is 25.2 Å². The number of carboxylic acid groups (broad SMARTS) is 1. The van der Waals surface area contributed by atoms with Gasteiger partial charge in [0.05, 0.1) is 17.6 Å². The van der Waals surface area contributed by atoms with E-state index in [1.807, 2.05) is 18.2 Å². The average Bonchev–Trinajstić information content (AvgIpc) is 3.16. The lowest BCUT2D eigenvalue weighted by atomic mass is 10.2. The van der Waals surface area contributed by atoms with Gasteiger partial charge in [0.15, 0.2) is 5.82 Å². The van der Waals surface area contributed by atoms with Crippen molar-refractivity contribution in [2.24, 2.45) is 0 Å². The first-order chi connectivity index (χ1) is 16.0. The van der Waals surface area contributed by atoms with Gasteiger partial charge in [-0.25, -0.2) is 9.97 Å². The van der Waals surface area contributed by atoms with Crippen LogP contribution >= 0.6 is 0 Å². The van der Waals surface area contributed by atoms with Crippen molar-refractivity contribution >= 4 is 39.6 Å². The second-order valence-electron chi connectivity index (χ2n) is 8.23. The third kappa shape index (κ3) is 6.64. The molecule has 0 saturated carbocycles. The topological polar surface area (TPSA) is 135 Å². The number of aryl methyl sites for hydroxylation is 2. The standard InChI is InChI=1S/C24H34N6O3/c1-2-3-11-19-29-22-23(17-9-4-5-10-18(17)28-24(22)25)30(19)15-7-6-14-27-20(31)12-8-13-26-16-21(32)33/h4-5,9-10,26H,2-3,6-8,11-16H2,1H3,(H2,25,28)(H,27,31)(H,32,33). The summed E-state index contributed by atoms with van der Waals surface area (Å²) in [5.41, 5.74) is 8.93. The number of nitrogens with zero attached hydrogens (tertiary/aromatic N) is 3. The number of unbranched alkanes of at least 4 members (excludes halogenated alkanes) is 2. The molecule has 2 aromatic heterocycles. The molecule has 0 atom stereocenters. The number of nitrogens with one attached hydrogen (secondary N) is 2. The van der Waals surface area contributed by atoms with Crippen LogP contribution < -0.4 is 16.4 Å². The van der Waals surface area contributed by atoms with Gasteiger partial charge in [-0.15, -0.1) is 0 Å². The van der Waals surface area contributed by atoms with E-state index in [1.165, 1.54) is 0 Å². The van der Waals surface area contributed by atoms with Crippen molar-refractivity contribution in [3.63, 3.8) is 0 Å². The fraction of sp³-hybridized carbons (Fsp3) is 0.500. The molecule has 5 N–H and O–H groups in total. The van der Waals surface area contributed by atoms with E-state index in [2.05, 4.69) is 33.2 Å². The predicted molar refractivity (Wildman–Crippen MR) is 130 cm³/mol. The molecule has 178 valence electrons. The Bertz CT molecular complexity index is 1090. The summed E-state index contributed by atoms with van der Waals surface area (Å²) < 4.78 is 2.28. The molecule has 3 rings (SSSR count). The normalized spacial score (nSPS) is 11.3. The number of carboxylic acids is 1. The fourth-order valence-corrected chi connectivity index (χ4v) is 3.95. The summed E-state index contributed by atoms with van der Waals surface area (Å²) in [6, 6.07) is 8.01. The predicted octanol–water partition coefficient (Wildman–Crippen LogP) is 2.86. The molecule has 1 amide bonds. The smallest absolute Gasteiger partial charge is 0.317 e. The number of pyridine rings is 1. The molecule has 0 fully saturated rings. The van der Waals surface area contributed by atoms with Crippen molar-refractivity contribution < 1.29 is 14.7 Å². The lowest BCUT2D eigenvalue weighted by Gasteiger charge is -2.11. The number of hydrogen-bond acceptors (Lipinski definition) is 6. The molecule has 0 radical (unpaired) electrons. The molecular formula is C24H34N6O3. The van der Waals surface area contributed by atoms with Gasteiger partial charge in [0.1, 0.15) is 11.3 Å². The minimum Gasteiger partial charge on any atom is -0.480 e. The maximum Gasteiger partial charge on any atom is 0.317 e. The van der Waals surface area contributed by atoms with Crippen LogP contribution in [0.4, 0.5) is 5.82 Å². The Hall–Kier alpha value is -3.20. The first-order valence-corrected chi connectivity index (χ1v) is 11.7. The number of nitrogens with two attached hydrogens (primary N) is 1. The molecular weight excluding hydrogens is 420 g/mol. The largest absolute Gasteiger partial charge is 0.480 e. The molecule has 0 aliphatic heterocycles. The van der Waals surface area contributed by atoms with Crippen LogP contribution in [0.1, 0.15) is 51.3 Å². The number of rotatable bonds is 14. The molecule has 0 spiro atoms. The minimum atomic E-state index is -0.894. The number of fused-ring (bicyclic) bond motifs is 3. The molecule has 1 aromatic carbocycles. The van der Waals surface area contributed by atoms with E-state index in [9.17, 15) is 9.59 Å². The Morgan fingerprint density at radius 1 is 1.09 bits per heavy atom. The van der Waals surface area contributed by atoms with Crippen LogP contribution in [0.3, 0.4) is 0 Å². The lowest BCUT2D eigenvalue weighted by molar-refractivity contribution is -0.135. The van der Waals surface area contributed by atoms with Gasteiger partial charge < -0.3 is 26.0 Å². The molecule has 0 aliphatic rings. The van der Waals surface area contributed by atoms with Gasteiger partial charge in [0, 0.05) is 31.3 Å². The zero-order valence-corrected chi connectivity index (χ0v) is 19.3. The molecule has 2 heterocycles. The highest BCUT2D eigenvalue weighted by atomic mass is 16.4. The SMILES string of the molecule is CCCCc1nc2c(N)nc3ccccc3c2n1CCCCNC(=O)CCCNCC(=O)O. The summed E-state index contributed by atoms with van der Waals surface area (Å²) in [4.78, 5) is 31.8. The Morgan fingerprint density at radius 2 is 1.91 bits per heavy atom. The number of benzene rings is 1. The van der Waals surface area contributed by atoms with Crippen LogP contribution in [0, 0.1) is 0 Å². The highest BCUT2D eigenvalue weighted by Gasteiger charge is 2.16. The second kappa shape index (κ2) is 12.2. The Labute approximate surface area is 193 Å². The minimum absolute atomic E-state index is 0.00585. The number of hydrogen-bond donors (Lipinski definition) is 4. The highest BCUT2D eigenvalue weighted by Crippen LogP contribution is 2.29. The van der Waals surface area contributed by atoms with Gasteiger partial charge >= 0.3 is 5.97 Å². The number of para-hydroxylation sites is 1.